The number of aliphatic hydroxyl groups is 1. The fourth-order valence-corrected chi connectivity index (χ4v) is 4.91. The van der Waals surface area contributed by atoms with Gasteiger partial charge in [0.05, 0.1) is 19.8 Å². The van der Waals surface area contributed by atoms with Gasteiger partial charge in [0, 0.05) is 62.0 Å². The topological polar surface area (TPSA) is 39.3 Å². The van der Waals surface area contributed by atoms with E-state index in [1.807, 2.05) is 12.1 Å². The van der Waals surface area contributed by atoms with E-state index in [1.54, 1.807) is 12.2 Å². The van der Waals surface area contributed by atoms with Crippen LogP contribution >= 0.6 is 15.9 Å². The lowest BCUT2D eigenvalue weighted by Crippen LogP contribution is -2.05. The van der Waals surface area contributed by atoms with E-state index >= 15 is 0 Å². The third-order valence-corrected chi connectivity index (χ3v) is 6.95. The van der Waals surface area contributed by atoms with Crippen molar-refractivity contribution in [3.63, 3.8) is 0 Å². The van der Waals surface area contributed by atoms with Gasteiger partial charge in [-0.05, 0) is 24.3 Å². The Bertz CT molecular complexity index is 1560. The average molecular weight is 584 g/mol. The molecule has 0 bridgehead atoms. The van der Waals surface area contributed by atoms with Gasteiger partial charge in [-0.2, -0.15) is 0 Å². The highest BCUT2D eigenvalue weighted by atomic mass is 79.9. The Morgan fingerprint density at radius 3 is 1.31 bits per heavy atom. The van der Waals surface area contributed by atoms with Gasteiger partial charge in [0.25, 0.3) is 0 Å². The third kappa shape index (κ3) is 6.51. The number of halogens is 1. The molecule has 0 unspecified atom stereocenters. The van der Waals surface area contributed by atoms with E-state index in [-0.39, 0.29) is 6.61 Å². The molecule has 2 aromatic heterocycles. The van der Waals surface area contributed by atoms with Crippen molar-refractivity contribution in [3.05, 3.63) is 122 Å². The van der Waals surface area contributed by atoms with Gasteiger partial charge in [0.2, 0.25) is 0 Å². The molecular weight excluding hydrogens is 548 g/mol. The summed E-state index contributed by atoms with van der Waals surface area (Å²) in [6.07, 6.45) is 3.58. The summed E-state index contributed by atoms with van der Waals surface area (Å²) in [6.45, 7) is 10.1. The molecule has 6 rings (SSSR count). The van der Waals surface area contributed by atoms with Crippen molar-refractivity contribution in [1.29, 1.82) is 0 Å². The zero-order chi connectivity index (χ0) is 27.5. The molecule has 39 heavy (non-hydrogen) atoms. The number of nitrogens with zero attached hydrogens (tertiary/aromatic N) is 2. The number of hydrogen-bond acceptors (Lipinski definition) is 2. The van der Waals surface area contributed by atoms with E-state index in [0.717, 1.165) is 11.9 Å². The van der Waals surface area contributed by atoms with E-state index in [0.29, 0.717) is 19.8 Å². The third-order valence-electron chi connectivity index (χ3n) is 6.49. The number of alkyl halides is 1. The van der Waals surface area contributed by atoms with Gasteiger partial charge in [-0.3, -0.25) is 0 Å². The maximum atomic E-state index is 9.14. The van der Waals surface area contributed by atoms with Crippen molar-refractivity contribution < 1.29 is 9.84 Å². The minimum absolute atomic E-state index is 0.169. The molecule has 0 spiro atoms. The molecule has 1 N–H and O–H groups in total. The van der Waals surface area contributed by atoms with Crippen LogP contribution in [0.3, 0.4) is 0 Å². The van der Waals surface area contributed by atoms with Crippen molar-refractivity contribution in [2.45, 2.75) is 13.1 Å². The van der Waals surface area contributed by atoms with E-state index in [1.165, 1.54) is 43.6 Å². The first kappa shape index (κ1) is 28.4. The Balaban J connectivity index is 0.000000161. The number of aliphatic hydroxyl groups excluding tert-OH is 1. The fourth-order valence-electron chi connectivity index (χ4n) is 4.91. The summed E-state index contributed by atoms with van der Waals surface area (Å²) >= 11 is 3.13. The summed E-state index contributed by atoms with van der Waals surface area (Å²) < 4.78 is 10.0. The second kappa shape index (κ2) is 14.5. The molecule has 0 fully saturated rings. The lowest BCUT2D eigenvalue weighted by Gasteiger charge is -2.07. The molecule has 0 saturated heterocycles. The van der Waals surface area contributed by atoms with Gasteiger partial charge in [-0.1, -0.05) is 101 Å². The molecule has 200 valence electrons. The number of benzene rings is 4. The standard InChI is InChI=1S/C17H17NO.C14H13NO.C3H5Br/c1-2-12-19-13-11-18-16-9-5-3-7-14(16)15-8-4-6-10-17(15)18;16-10-9-15-13-7-3-1-5-11(13)12-6-2-4-8-14(12)15;1-2-3-4/h2-10H,1,11-13H2;1-8,16H,9-10H2;2H,1,3H2. The van der Waals surface area contributed by atoms with Gasteiger partial charge in [0.15, 0.2) is 0 Å². The summed E-state index contributed by atoms with van der Waals surface area (Å²) in [4.78, 5) is 0. The Morgan fingerprint density at radius 1 is 0.615 bits per heavy atom. The Hall–Kier alpha value is -3.64. The maximum Gasteiger partial charge on any atom is 0.0650 e. The molecule has 0 saturated carbocycles. The molecule has 4 aromatic carbocycles. The summed E-state index contributed by atoms with van der Waals surface area (Å²) in [7, 11) is 0. The van der Waals surface area contributed by atoms with Crippen LogP contribution in [0.25, 0.3) is 43.6 Å². The number of allylic oxidation sites excluding steroid dienone is 1. The Labute approximate surface area is 238 Å². The van der Waals surface area contributed by atoms with Crippen LogP contribution in [0.4, 0.5) is 0 Å². The van der Waals surface area contributed by atoms with Crippen molar-refractivity contribution in [2.24, 2.45) is 0 Å². The lowest BCUT2D eigenvalue weighted by molar-refractivity contribution is 0.155. The highest BCUT2D eigenvalue weighted by Gasteiger charge is 2.09. The first-order chi connectivity index (χ1) is 19.2. The van der Waals surface area contributed by atoms with Crippen LogP contribution in [0.1, 0.15) is 0 Å². The van der Waals surface area contributed by atoms with Crippen molar-refractivity contribution >= 4 is 59.5 Å². The molecule has 0 aliphatic rings. The first-order valence-corrected chi connectivity index (χ1v) is 14.3. The zero-order valence-electron chi connectivity index (χ0n) is 22.2. The van der Waals surface area contributed by atoms with Crippen molar-refractivity contribution in [3.8, 4) is 0 Å². The highest BCUT2D eigenvalue weighted by Crippen LogP contribution is 2.29. The number of aromatic nitrogens is 2. The first-order valence-electron chi connectivity index (χ1n) is 13.1. The Morgan fingerprint density at radius 2 is 0.974 bits per heavy atom. The molecular formula is C34H35BrN2O2. The predicted octanol–water partition coefficient (Wildman–Crippen LogP) is 8.35. The van der Waals surface area contributed by atoms with Crippen LogP contribution in [-0.2, 0) is 17.8 Å². The van der Waals surface area contributed by atoms with Gasteiger partial charge in [0.1, 0.15) is 0 Å². The smallest absolute Gasteiger partial charge is 0.0650 e. The lowest BCUT2D eigenvalue weighted by atomic mass is 10.2. The molecule has 6 aromatic rings. The number of fused-ring (bicyclic) bond motifs is 6. The van der Waals surface area contributed by atoms with E-state index in [2.05, 4.69) is 123 Å². The van der Waals surface area contributed by atoms with Gasteiger partial charge in [-0.25, -0.2) is 0 Å². The minimum atomic E-state index is 0.169. The fraction of sp³-hybridized carbons (Fsp3) is 0.176. The Kier molecular flexibility index (Phi) is 10.5. The van der Waals surface area contributed by atoms with E-state index in [4.69, 9.17) is 9.84 Å². The summed E-state index contributed by atoms with van der Waals surface area (Å²) in [5.41, 5.74) is 4.92. The van der Waals surface area contributed by atoms with Crippen molar-refractivity contribution in [2.75, 3.05) is 25.2 Å². The summed E-state index contributed by atoms with van der Waals surface area (Å²) in [6, 6.07) is 33.7. The SMILES string of the molecule is C=CCBr.C=CCOCCn1c2ccccc2c2ccccc21.OCCn1c2ccccc2c2ccccc21. The zero-order valence-corrected chi connectivity index (χ0v) is 23.8. The summed E-state index contributed by atoms with van der Waals surface area (Å²) in [5.74, 6) is 0. The molecule has 0 amide bonds. The van der Waals surface area contributed by atoms with Crippen LogP contribution in [0, 0.1) is 0 Å². The number of para-hydroxylation sites is 4. The maximum absolute atomic E-state index is 9.14. The molecule has 0 aliphatic heterocycles. The van der Waals surface area contributed by atoms with Crippen molar-refractivity contribution in [1.82, 2.24) is 9.13 Å². The van der Waals surface area contributed by atoms with Gasteiger partial charge >= 0.3 is 0 Å². The normalized spacial score (nSPS) is 10.7. The quantitative estimate of drug-likeness (QED) is 0.111. The molecule has 5 heteroatoms. The van der Waals surface area contributed by atoms with Crippen LogP contribution in [0.15, 0.2) is 122 Å². The molecule has 0 atom stereocenters. The minimum Gasteiger partial charge on any atom is -0.395 e. The van der Waals surface area contributed by atoms with Crippen LogP contribution in [-0.4, -0.2) is 39.4 Å². The second-order valence-electron chi connectivity index (χ2n) is 8.90. The monoisotopic (exact) mass is 582 g/mol. The van der Waals surface area contributed by atoms with Gasteiger partial charge < -0.3 is 19.0 Å². The largest absolute Gasteiger partial charge is 0.395 e. The molecule has 0 radical (unpaired) electrons. The number of hydrogen-bond donors (Lipinski definition) is 1. The number of ether oxygens (including phenoxy) is 1. The van der Waals surface area contributed by atoms with E-state index < -0.39 is 0 Å². The molecule has 0 aliphatic carbocycles. The second-order valence-corrected chi connectivity index (χ2v) is 9.55. The highest BCUT2D eigenvalue weighted by molar-refractivity contribution is 9.09. The van der Waals surface area contributed by atoms with E-state index in [9.17, 15) is 0 Å². The van der Waals surface area contributed by atoms with Crippen LogP contribution in [0.5, 0.6) is 0 Å². The summed E-state index contributed by atoms with van der Waals surface area (Å²) in [5, 5.41) is 15.2. The molecule has 2 heterocycles. The average Bonchev–Trinajstić information content (AvgIpc) is 3.49. The van der Waals surface area contributed by atoms with Gasteiger partial charge in [-0.15, -0.1) is 13.2 Å². The predicted molar refractivity (Wildman–Crippen MR) is 171 cm³/mol. The van der Waals surface area contributed by atoms with Crippen LogP contribution in [0.2, 0.25) is 0 Å². The molecule has 4 nitrogen and oxygen atoms in total. The number of rotatable bonds is 8. The van der Waals surface area contributed by atoms with Crippen LogP contribution < -0.4 is 0 Å².